The van der Waals surface area contributed by atoms with Crippen molar-refractivity contribution in [3.8, 4) is 0 Å². The van der Waals surface area contributed by atoms with Crippen LogP contribution in [0.3, 0.4) is 0 Å². The molecule has 6 heteroatoms. The van der Waals surface area contributed by atoms with Gasteiger partial charge in [-0.2, -0.15) is 0 Å². The first-order valence-electron chi connectivity index (χ1n) is 9.14. The molecule has 0 aromatic rings. The van der Waals surface area contributed by atoms with Gasteiger partial charge in [-0.15, -0.1) is 0 Å². The van der Waals surface area contributed by atoms with Crippen LogP contribution in [0.15, 0.2) is 0 Å². The highest BCUT2D eigenvalue weighted by molar-refractivity contribution is 5.81. The number of ether oxygens (including phenoxy) is 2. The number of hydrogen-bond acceptors (Lipinski definition) is 5. The van der Waals surface area contributed by atoms with Gasteiger partial charge in [-0.1, -0.05) is 0 Å². The normalized spacial score (nSPS) is 25.2. The van der Waals surface area contributed by atoms with E-state index in [2.05, 4.69) is 19.0 Å². The summed E-state index contributed by atoms with van der Waals surface area (Å²) in [6.45, 7) is 3.38. The van der Waals surface area contributed by atoms with Crippen LogP contribution in [0.5, 0.6) is 0 Å². The fourth-order valence-electron chi connectivity index (χ4n) is 3.72. The second kappa shape index (κ2) is 9.37. The number of hydrogen-bond donors (Lipinski definition) is 0. The summed E-state index contributed by atoms with van der Waals surface area (Å²) in [6, 6.07) is 0. The number of nitrogens with zero attached hydrogens (tertiary/aromatic N) is 2. The van der Waals surface area contributed by atoms with E-state index in [1.54, 1.807) is 0 Å². The number of rotatable bonds is 7. The Morgan fingerprint density at radius 3 is 2.38 bits per heavy atom. The maximum atomic E-state index is 12.6. The van der Waals surface area contributed by atoms with Crippen LogP contribution in [0.1, 0.15) is 38.5 Å². The minimum absolute atomic E-state index is 0.00772. The van der Waals surface area contributed by atoms with Crippen molar-refractivity contribution < 1.29 is 19.1 Å². The number of amides is 1. The van der Waals surface area contributed by atoms with Crippen molar-refractivity contribution in [2.24, 2.45) is 11.8 Å². The molecule has 2 aliphatic rings. The van der Waals surface area contributed by atoms with Crippen LogP contribution >= 0.6 is 0 Å². The number of carbonyl (C=O) groups excluding carboxylic acids is 2. The molecule has 1 aliphatic carbocycles. The molecule has 0 N–H and O–H groups in total. The smallest absolute Gasteiger partial charge is 0.308 e. The minimum atomic E-state index is -0.171. The lowest BCUT2D eigenvalue weighted by molar-refractivity contribution is -0.145. The van der Waals surface area contributed by atoms with Crippen LogP contribution in [0.4, 0.5) is 0 Å². The van der Waals surface area contributed by atoms with Gasteiger partial charge in [0.05, 0.1) is 19.1 Å². The number of methoxy groups -OCH3 is 1. The largest absolute Gasteiger partial charge is 0.469 e. The fraction of sp³-hybridized carbons (Fsp3) is 0.889. The molecule has 6 nitrogen and oxygen atoms in total. The Morgan fingerprint density at radius 1 is 1.08 bits per heavy atom. The summed E-state index contributed by atoms with van der Waals surface area (Å²) in [7, 11) is 5.55. The van der Waals surface area contributed by atoms with Gasteiger partial charge in [0.1, 0.15) is 0 Å². The molecule has 2 atom stereocenters. The standard InChI is InChI=1S/C18H32N2O4/c1-19(2)9-4-12-24-16-7-10-20(11-8-16)17(21)14-5-6-15(13-14)18(22)23-3/h14-16H,4-13H2,1-3H3/t14-,15+/m0/s1. The van der Waals surface area contributed by atoms with Gasteiger partial charge in [-0.05, 0) is 59.2 Å². The van der Waals surface area contributed by atoms with Crippen molar-refractivity contribution in [1.29, 1.82) is 0 Å². The highest BCUT2D eigenvalue weighted by Crippen LogP contribution is 2.33. The van der Waals surface area contributed by atoms with Crippen LogP contribution in [0.25, 0.3) is 0 Å². The molecule has 0 aromatic heterocycles. The van der Waals surface area contributed by atoms with Crippen molar-refractivity contribution in [3.05, 3.63) is 0 Å². The Kier molecular flexibility index (Phi) is 7.49. The molecule has 0 bridgehead atoms. The highest BCUT2D eigenvalue weighted by atomic mass is 16.5. The predicted molar refractivity (Wildman–Crippen MR) is 91.6 cm³/mol. The van der Waals surface area contributed by atoms with Crippen molar-refractivity contribution in [3.63, 3.8) is 0 Å². The van der Waals surface area contributed by atoms with E-state index < -0.39 is 0 Å². The molecule has 1 saturated carbocycles. The van der Waals surface area contributed by atoms with Crippen molar-refractivity contribution >= 4 is 11.9 Å². The van der Waals surface area contributed by atoms with Gasteiger partial charge in [0, 0.05) is 25.6 Å². The molecule has 1 amide bonds. The summed E-state index contributed by atoms with van der Waals surface area (Å²) in [5.74, 6) is -0.0595. The first-order valence-corrected chi connectivity index (χ1v) is 9.14. The molecule has 0 spiro atoms. The Balaban J connectivity index is 1.67. The molecule has 1 saturated heterocycles. The third-order valence-corrected chi connectivity index (χ3v) is 5.17. The van der Waals surface area contributed by atoms with Gasteiger partial charge < -0.3 is 19.3 Å². The highest BCUT2D eigenvalue weighted by Gasteiger charge is 2.37. The lowest BCUT2D eigenvalue weighted by Crippen LogP contribution is -2.43. The number of carbonyl (C=O) groups is 2. The van der Waals surface area contributed by atoms with Crippen molar-refractivity contribution in [2.75, 3.05) is 47.4 Å². The molecule has 1 heterocycles. The summed E-state index contributed by atoms with van der Waals surface area (Å²) in [4.78, 5) is 28.4. The van der Waals surface area contributed by atoms with Crippen LogP contribution in [0, 0.1) is 11.8 Å². The molecular weight excluding hydrogens is 308 g/mol. The lowest BCUT2D eigenvalue weighted by atomic mass is 10.0. The van der Waals surface area contributed by atoms with Gasteiger partial charge in [0.15, 0.2) is 0 Å². The Morgan fingerprint density at radius 2 is 1.75 bits per heavy atom. The van der Waals surface area contributed by atoms with E-state index in [0.29, 0.717) is 6.42 Å². The molecule has 2 fully saturated rings. The van der Waals surface area contributed by atoms with Gasteiger partial charge in [0.2, 0.25) is 5.91 Å². The molecule has 138 valence electrons. The first-order chi connectivity index (χ1) is 11.5. The SMILES string of the molecule is COC(=O)[C@@H]1CC[C@H](C(=O)N2CCC(OCCCN(C)C)CC2)C1. The number of esters is 1. The average molecular weight is 340 g/mol. The topological polar surface area (TPSA) is 59.1 Å². The molecule has 2 rings (SSSR count). The Labute approximate surface area is 145 Å². The summed E-state index contributed by atoms with van der Waals surface area (Å²) < 4.78 is 10.7. The molecule has 0 aromatic carbocycles. The third-order valence-electron chi connectivity index (χ3n) is 5.17. The molecule has 1 aliphatic heterocycles. The summed E-state index contributed by atoms with van der Waals surface area (Å²) in [5.41, 5.74) is 0. The van der Waals surface area contributed by atoms with E-state index in [9.17, 15) is 9.59 Å². The van der Waals surface area contributed by atoms with E-state index in [0.717, 1.165) is 58.3 Å². The minimum Gasteiger partial charge on any atom is -0.469 e. The summed E-state index contributed by atoms with van der Waals surface area (Å²) in [5, 5.41) is 0. The molecule has 24 heavy (non-hydrogen) atoms. The summed E-state index contributed by atoms with van der Waals surface area (Å²) >= 11 is 0. The van der Waals surface area contributed by atoms with Crippen LogP contribution < -0.4 is 0 Å². The zero-order valence-electron chi connectivity index (χ0n) is 15.3. The second-order valence-corrected chi connectivity index (χ2v) is 7.28. The van der Waals surface area contributed by atoms with E-state index in [4.69, 9.17) is 9.47 Å². The molecule has 0 unspecified atom stereocenters. The fourth-order valence-corrected chi connectivity index (χ4v) is 3.72. The van der Waals surface area contributed by atoms with E-state index in [-0.39, 0.29) is 29.8 Å². The quantitative estimate of drug-likeness (QED) is 0.520. The monoisotopic (exact) mass is 340 g/mol. The average Bonchev–Trinajstić information content (AvgIpc) is 3.08. The van der Waals surface area contributed by atoms with Gasteiger partial charge in [0.25, 0.3) is 0 Å². The number of likely N-dealkylation sites (tertiary alicyclic amines) is 1. The van der Waals surface area contributed by atoms with E-state index in [1.807, 2.05) is 4.90 Å². The first kappa shape index (κ1) is 19.2. The Hall–Kier alpha value is -1.14. The van der Waals surface area contributed by atoms with Gasteiger partial charge >= 0.3 is 5.97 Å². The predicted octanol–water partition coefficient (Wildman–Crippen LogP) is 1.53. The molecular formula is C18H32N2O4. The molecule has 0 radical (unpaired) electrons. The third kappa shape index (κ3) is 5.45. The lowest BCUT2D eigenvalue weighted by Gasteiger charge is -2.33. The van der Waals surface area contributed by atoms with Crippen LogP contribution in [0.2, 0.25) is 0 Å². The van der Waals surface area contributed by atoms with Crippen molar-refractivity contribution in [2.45, 2.75) is 44.6 Å². The zero-order valence-corrected chi connectivity index (χ0v) is 15.3. The van der Waals surface area contributed by atoms with Crippen LogP contribution in [-0.2, 0) is 19.1 Å². The van der Waals surface area contributed by atoms with Gasteiger partial charge in [-0.3, -0.25) is 9.59 Å². The zero-order chi connectivity index (χ0) is 17.5. The number of piperidine rings is 1. The maximum Gasteiger partial charge on any atom is 0.308 e. The van der Waals surface area contributed by atoms with Gasteiger partial charge in [-0.25, -0.2) is 0 Å². The summed E-state index contributed by atoms with van der Waals surface area (Å²) in [6.07, 6.45) is 5.38. The van der Waals surface area contributed by atoms with E-state index in [1.165, 1.54) is 7.11 Å². The Bertz CT molecular complexity index is 419. The van der Waals surface area contributed by atoms with E-state index >= 15 is 0 Å². The van der Waals surface area contributed by atoms with Crippen molar-refractivity contribution in [1.82, 2.24) is 9.80 Å². The van der Waals surface area contributed by atoms with Crippen LogP contribution in [-0.4, -0.2) is 75.2 Å². The maximum absolute atomic E-state index is 12.6. The second-order valence-electron chi connectivity index (χ2n) is 7.28.